The largest absolute Gasteiger partial charge is 0.527 e. The maximum Gasteiger partial charge on any atom is 0.527 e. The summed E-state index contributed by atoms with van der Waals surface area (Å²) in [5.74, 6) is -1.76. The van der Waals surface area contributed by atoms with E-state index in [4.69, 9.17) is 30.0 Å². The van der Waals surface area contributed by atoms with Gasteiger partial charge in [-0.05, 0) is 0 Å². The molecule has 0 bridgehead atoms. The molecule has 0 amide bonds. The van der Waals surface area contributed by atoms with Gasteiger partial charge in [0.2, 0.25) is 5.75 Å². The van der Waals surface area contributed by atoms with E-state index in [-0.39, 0.29) is 18.8 Å². The Hall–Kier alpha value is -1.00. The number of ether oxygens (including phenoxy) is 1. The molecule has 2 heterocycles. The molecule has 3 unspecified atom stereocenters. The van der Waals surface area contributed by atoms with E-state index in [1.807, 2.05) is 0 Å². The SMILES string of the molecule is [B]c1oc(CO)c(OP(=O)(O)OCCC2(O)CO[C@@H]([B])C2O)c1O. The number of aliphatic hydroxyl groups excluding tert-OH is 2. The van der Waals surface area contributed by atoms with Gasteiger partial charge in [0.25, 0.3) is 0 Å². The number of rotatable bonds is 7. The lowest BCUT2D eigenvalue weighted by Crippen LogP contribution is -2.44. The molecule has 1 aliphatic rings. The van der Waals surface area contributed by atoms with Crippen LogP contribution in [-0.4, -0.2) is 71.9 Å². The molecule has 1 saturated heterocycles. The van der Waals surface area contributed by atoms with E-state index in [0.717, 1.165) is 0 Å². The molecule has 1 aliphatic heterocycles. The molecule has 4 radical (unpaired) electrons. The molecule has 5 N–H and O–H groups in total. The number of phosphoric ester groups is 1. The first-order valence-corrected chi connectivity index (χ1v) is 8.24. The average Bonchev–Trinajstić information content (AvgIpc) is 2.92. The molecule has 1 fully saturated rings. The van der Waals surface area contributed by atoms with Crippen molar-refractivity contribution in [2.75, 3.05) is 13.2 Å². The van der Waals surface area contributed by atoms with Gasteiger partial charge in [0.05, 0.1) is 18.9 Å². The Morgan fingerprint density at radius 3 is 2.67 bits per heavy atom. The second-order valence-electron chi connectivity index (χ2n) is 5.19. The highest BCUT2D eigenvalue weighted by Crippen LogP contribution is 2.48. The minimum atomic E-state index is -4.74. The third-order valence-electron chi connectivity index (χ3n) is 3.46. The first-order chi connectivity index (χ1) is 11.1. The van der Waals surface area contributed by atoms with Gasteiger partial charge in [0, 0.05) is 12.4 Å². The predicted octanol–water partition coefficient (Wildman–Crippen LogP) is -2.23. The molecular weight excluding hydrogens is 345 g/mol. The first kappa shape index (κ1) is 19.3. The van der Waals surface area contributed by atoms with Crippen molar-refractivity contribution in [3.05, 3.63) is 5.76 Å². The van der Waals surface area contributed by atoms with Crippen LogP contribution in [0.2, 0.25) is 0 Å². The fourth-order valence-corrected chi connectivity index (χ4v) is 2.89. The molecule has 130 valence electrons. The fraction of sp³-hybridized carbons (Fsp3) is 0.636. The summed E-state index contributed by atoms with van der Waals surface area (Å²) in [6.07, 6.45) is -1.67. The first-order valence-electron chi connectivity index (χ1n) is 6.75. The van der Waals surface area contributed by atoms with Crippen molar-refractivity contribution in [1.29, 1.82) is 0 Å². The Bertz CT molecular complexity index is 637. The van der Waals surface area contributed by atoms with E-state index >= 15 is 0 Å². The highest BCUT2D eigenvalue weighted by atomic mass is 31.2. The lowest BCUT2D eigenvalue weighted by atomic mass is 9.85. The molecule has 0 aliphatic carbocycles. The third kappa shape index (κ3) is 3.97. The van der Waals surface area contributed by atoms with Crippen molar-refractivity contribution in [1.82, 2.24) is 0 Å². The van der Waals surface area contributed by atoms with E-state index < -0.39 is 55.9 Å². The van der Waals surface area contributed by atoms with Crippen LogP contribution < -0.4 is 10.2 Å². The maximum absolute atomic E-state index is 11.9. The van der Waals surface area contributed by atoms with E-state index in [9.17, 15) is 24.8 Å². The number of phosphoric acid groups is 1. The number of aliphatic hydroxyl groups is 3. The van der Waals surface area contributed by atoms with Crippen LogP contribution >= 0.6 is 7.82 Å². The van der Waals surface area contributed by atoms with Crippen LogP contribution in [0.3, 0.4) is 0 Å². The summed E-state index contributed by atoms with van der Waals surface area (Å²) in [5.41, 5.74) is -2.25. The summed E-state index contributed by atoms with van der Waals surface area (Å²) in [4.78, 5) is 9.63. The fourth-order valence-electron chi connectivity index (χ4n) is 2.09. The summed E-state index contributed by atoms with van der Waals surface area (Å²) in [6, 6.07) is -1.08. The van der Waals surface area contributed by atoms with Gasteiger partial charge in [-0.1, -0.05) is 0 Å². The molecule has 4 atom stereocenters. The summed E-state index contributed by atoms with van der Waals surface area (Å²) < 4.78 is 30.8. The van der Waals surface area contributed by atoms with E-state index in [1.165, 1.54) is 0 Å². The predicted molar refractivity (Wildman–Crippen MR) is 79.2 cm³/mol. The lowest BCUT2D eigenvalue weighted by molar-refractivity contribution is -0.0580. The van der Waals surface area contributed by atoms with Crippen LogP contribution in [0.15, 0.2) is 4.42 Å². The van der Waals surface area contributed by atoms with Crippen LogP contribution in [0.5, 0.6) is 11.5 Å². The van der Waals surface area contributed by atoms with Crippen molar-refractivity contribution in [2.24, 2.45) is 0 Å². The monoisotopic (exact) mass is 360 g/mol. The summed E-state index contributed by atoms with van der Waals surface area (Å²) in [7, 11) is 5.91. The zero-order chi connectivity index (χ0) is 18.1. The van der Waals surface area contributed by atoms with Gasteiger partial charge >= 0.3 is 7.82 Å². The van der Waals surface area contributed by atoms with Crippen molar-refractivity contribution >= 4 is 29.2 Å². The minimum Gasteiger partial charge on any atom is -0.502 e. The molecule has 2 rings (SSSR count). The topological polar surface area (TPSA) is 159 Å². The zero-order valence-corrected chi connectivity index (χ0v) is 13.3. The Kier molecular flexibility index (Phi) is 5.71. The normalized spacial score (nSPS) is 29.5. The van der Waals surface area contributed by atoms with Crippen molar-refractivity contribution in [3.8, 4) is 11.5 Å². The van der Waals surface area contributed by atoms with Gasteiger partial charge in [0.1, 0.15) is 26.2 Å². The molecule has 0 saturated carbocycles. The molecule has 1 aromatic rings. The van der Waals surface area contributed by atoms with Crippen LogP contribution in [0.25, 0.3) is 0 Å². The summed E-state index contributed by atoms with van der Waals surface area (Å²) in [5, 5.41) is 38.4. The van der Waals surface area contributed by atoms with Crippen molar-refractivity contribution < 1.29 is 48.1 Å². The van der Waals surface area contributed by atoms with Gasteiger partial charge in [0.15, 0.2) is 19.4 Å². The van der Waals surface area contributed by atoms with Crippen LogP contribution in [-0.2, 0) is 20.4 Å². The van der Waals surface area contributed by atoms with Gasteiger partial charge in [-0.15, -0.1) is 0 Å². The molecular formula is C11H15B2O10P. The van der Waals surface area contributed by atoms with Gasteiger partial charge in [-0.2, -0.15) is 0 Å². The minimum absolute atomic E-state index is 0.275. The lowest BCUT2D eigenvalue weighted by Gasteiger charge is -2.25. The molecule has 1 aromatic heterocycles. The Balaban J connectivity index is 1.96. The zero-order valence-electron chi connectivity index (χ0n) is 12.4. The standard InChI is InChI=1S/C11H15B2O10P/c12-9-6(15)7(5(3-14)22-9)23-24(18,19)21-2-1-11(17)4-20-10(13)8(11)16/h8,10,14-17H,1-4H2,(H,18,19)/t8?,10-,11?/m1/s1. The second-order valence-corrected chi connectivity index (χ2v) is 6.57. The van der Waals surface area contributed by atoms with Crippen molar-refractivity contribution in [2.45, 2.75) is 30.7 Å². The van der Waals surface area contributed by atoms with Crippen LogP contribution in [0.1, 0.15) is 12.2 Å². The second kappa shape index (κ2) is 7.09. The highest BCUT2D eigenvalue weighted by Gasteiger charge is 2.45. The Morgan fingerprint density at radius 2 is 2.12 bits per heavy atom. The van der Waals surface area contributed by atoms with E-state index in [0.29, 0.717) is 0 Å². The molecule has 10 nitrogen and oxygen atoms in total. The Morgan fingerprint density at radius 1 is 1.46 bits per heavy atom. The highest BCUT2D eigenvalue weighted by molar-refractivity contribution is 7.47. The molecule has 0 spiro atoms. The smallest absolute Gasteiger partial charge is 0.502 e. The molecule has 0 aromatic carbocycles. The van der Waals surface area contributed by atoms with Gasteiger partial charge in [-0.3, -0.25) is 9.42 Å². The summed E-state index contributed by atoms with van der Waals surface area (Å²) >= 11 is 0. The number of hydrogen-bond acceptors (Lipinski definition) is 9. The molecule has 24 heavy (non-hydrogen) atoms. The maximum atomic E-state index is 11.9. The quantitative estimate of drug-likeness (QED) is 0.266. The number of hydrogen-bond donors (Lipinski definition) is 5. The van der Waals surface area contributed by atoms with E-state index in [1.54, 1.807) is 0 Å². The number of aromatic hydroxyl groups is 1. The summed E-state index contributed by atoms with van der Waals surface area (Å²) in [6.45, 7) is -1.52. The third-order valence-corrected chi connectivity index (χ3v) is 4.38. The number of furan rings is 1. The van der Waals surface area contributed by atoms with E-state index in [2.05, 4.69) is 9.05 Å². The van der Waals surface area contributed by atoms with Gasteiger partial charge < -0.3 is 34.1 Å². The van der Waals surface area contributed by atoms with Crippen LogP contribution in [0, 0.1) is 0 Å². The average molecular weight is 360 g/mol. The Labute approximate surface area is 139 Å². The van der Waals surface area contributed by atoms with Gasteiger partial charge in [-0.25, -0.2) is 4.57 Å². The van der Waals surface area contributed by atoms with Crippen LogP contribution in [0.4, 0.5) is 0 Å². The van der Waals surface area contributed by atoms with Crippen molar-refractivity contribution in [3.63, 3.8) is 0 Å². The molecule has 13 heteroatoms.